The summed E-state index contributed by atoms with van der Waals surface area (Å²) in [5.41, 5.74) is 3.20. The molecule has 1 aliphatic rings. The van der Waals surface area contributed by atoms with Gasteiger partial charge < -0.3 is 9.47 Å². The average Bonchev–Trinajstić information content (AvgIpc) is 2.77. The number of hydrogen-bond acceptors (Lipinski definition) is 4. The number of aryl methyl sites for hydroxylation is 1. The Bertz CT molecular complexity index is 1080. The van der Waals surface area contributed by atoms with Crippen molar-refractivity contribution >= 4 is 16.9 Å². The van der Waals surface area contributed by atoms with E-state index >= 15 is 0 Å². The number of rotatable bonds is 4. The Kier molecular flexibility index (Phi) is 5.45. The molecule has 6 nitrogen and oxygen atoms in total. The largest absolute Gasteiger partial charge is 0.336 e. The fraction of sp³-hybridized carbons (Fsp3) is 0.348. The highest BCUT2D eigenvalue weighted by Gasteiger charge is 2.22. The standard InChI is InChI=1S/C23H26N4O2/c1-3-12-26-13-15-27(16-14-26)22(28)18-10-8-17(9-11-18)21-23(29)25(2)20-7-5-4-6-19(20)24-21/h4-11H,3,12-16H2,1-2H3. The van der Waals surface area contributed by atoms with Crippen LogP contribution in [0, 0.1) is 0 Å². The first kappa shape index (κ1) is 19.3. The second-order valence-corrected chi connectivity index (χ2v) is 7.52. The van der Waals surface area contributed by atoms with E-state index < -0.39 is 0 Å². The van der Waals surface area contributed by atoms with E-state index in [0.717, 1.165) is 55.7 Å². The van der Waals surface area contributed by atoms with Crippen LogP contribution in [0.4, 0.5) is 0 Å². The van der Waals surface area contributed by atoms with Gasteiger partial charge in [0, 0.05) is 44.4 Å². The van der Waals surface area contributed by atoms with Crippen molar-refractivity contribution in [3.63, 3.8) is 0 Å². The topological polar surface area (TPSA) is 58.4 Å². The first-order valence-corrected chi connectivity index (χ1v) is 10.2. The second kappa shape index (κ2) is 8.17. The van der Waals surface area contributed by atoms with E-state index in [4.69, 9.17) is 0 Å². The van der Waals surface area contributed by atoms with Gasteiger partial charge in [0.05, 0.1) is 11.0 Å². The number of piperazine rings is 1. The Hall–Kier alpha value is -2.99. The smallest absolute Gasteiger partial charge is 0.277 e. The molecule has 6 heteroatoms. The maximum absolute atomic E-state index is 12.8. The molecular weight excluding hydrogens is 364 g/mol. The van der Waals surface area contributed by atoms with Gasteiger partial charge in [0.15, 0.2) is 0 Å². The lowest BCUT2D eigenvalue weighted by Crippen LogP contribution is -2.48. The molecular formula is C23H26N4O2. The van der Waals surface area contributed by atoms with Crippen LogP contribution in [0.2, 0.25) is 0 Å². The van der Waals surface area contributed by atoms with Gasteiger partial charge in [-0.3, -0.25) is 14.5 Å². The molecule has 0 aliphatic carbocycles. The lowest BCUT2D eigenvalue weighted by Gasteiger charge is -2.34. The fourth-order valence-electron chi connectivity index (χ4n) is 3.91. The summed E-state index contributed by atoms with van der Waals surface area (Å²) >= 11 is 0. The first-order valence-electron chi connectivity index (χ1n) is 10.2. The van der Waals surface area contributed by atoms with Crippen LogP contribution in [0.1, 0.15) is 23.7 Å². The van der Waals surface area contributed by atoms with Gasteiger partial charge in [0.2, 0.25) is 0 Å². The van der Waals surface area contributed by atoms with Crippen molar-refractivity contribution in [2.45, 2.75) is 13.3 Å². The molecule has 2 aromatic carbocycles. The molecule has 29 heavy (non-hydrogen) atoms. The van der Waals surface area contributed by atoms with Crippen molar-refractivity contribution in [3.05, 3.63) is 64.4 Å². The van der Waals surface area contributed by atoms with Crippen molar-refractivity contribution in [2.75, 3.05) is 32.7 Å². The zero-order valence-corrected chi connectivity index (χ0v) is 17.0. The molecule has 1 fully saturated rings. The molecule has 1 aromatic heterocycles. The molecule has 2 heterocycles. The minimum Gasteiger partial charge on any atom is -0.336 e. The van der Waals surface area contributed by atoms with Gasteiger partial charge in [-0.15, -0.1) is 0 Å². The zero-order valence-electron chi connectivity index (χ0n) is 17.0. The molecule has 4 rings (SSSR count). The summed E-state index contributed by atoms with van der Waals surface area (Å²) in [4.78, 5) is 34.5. The molecule has 1 amide bonds. The van der Waals surface area contributed by atoms with Gasteiger partial charge in [-0.2, -0.15) is 0 Å². The number of benzene rings is 2. The molecule has 0 unspecified atom stereocenters. The molecule has 0 bridgehead atoms. The normalized spacial score (nSPS) is 15.0. The lowest BCUT2D eigenvalue weighted by atomic mass is 10.1. The predicted octanol–water partition coefficient (Wildman–Crippen LogP) is 2.77. The van der Waals surface area contributed by atoms with Crippen molar-refractivity contribution in [3.8, 4) is 11.3 Å². The highest BCUT2D eigenvalue weighted by Crippen LogP contribution is 2.19. The molecule has 0 saturated carbocycles. The predicted molar refractivity (Wildman–Crippen MR) is 115 cm³/mol. The number of hydrogen-bond donors (Lipinski definition) is 0. The summed E-state index contributed by atoms with van der Waals surface area (Å²) in [5, 5.41) is 0. The highest BCUT2D eigenvalue weighted by atomic mass is 16.2. The first-order chi connectivity index (χ1) is 14.1. The van der Waals surface area contributed by atoms with Gasteiger partial charge in [-0.05, 0) is 37.2 Å². The molecule has 0 spiro atoms. The number of nitrogens with zero attached hydrogens (tertiary/aromatic N) is 4. The summed E-state index contributed by atoms with van der Waals surface area (Å²) in [7, 11) is 1.76. The van der Waals surface area contributed by atoms with Crippen LogP contribution >= 0.6 is 0 Å². The van der Waals surface area contributed by atoms with Gasteiger partial charge in [-0.1, -0.05) is 31.2 Å². The van der Waals surface area contributed by atoms with Gasteiger partial charge in [-0.25, -0.2) is 4.98 Å². The van der Waals surface area contributed by atoms with Crippen LogP contribution < -0.4 is 5.56 Å². The summed E-state index contributed by atoms with van der Waals surface area (Å²) < 4.78 is 1.62. The van der Waals surface area contributed by atoms with E-state index in [1.807, 2.05) is 41.3 Å². The Balaban J connectivity index is 1.56. The number of amides is 1. The molecule has 0 N–H and O–H groups in total. The van der Waals surface area contributed by atoms with Crippen molar-refractivity contribution in [1.29, 1.82) is 0 Å². The Morgan fingerprint density at radius 1 is 1.00 bits per heavy atom. The third-order valence-corrected chi connectivity index (χ3v) is 5.59. The minimum atomic E-state index is -0.144. The molecule has 1 saturated heterocycles. The Labute approximate surface area is 170 Å². The fourth-order valence-corrected chi connectivity index (χ4v) is 3.91. The maximum Gasteiger partial charge on any atom is 0.277 e. The zero-order chi connectivity index (χ0) is 20.4. The monoisotopic (exact) mass is 390 g/mol. The quantitative estimate of drug-likeness (QED) is 0.687. The van der Waals surface area contributed by atoms with Gasteiger partial charge >= 0.3 is 0 Å². The number of fused-ring (bicyclic) bond motifs is 1. The summed E-state index contributed by atoms with van der Waals surface area (Å²) in [6, 6.07) is 14.8. The Morgan fingerprint density at radius 3 is 2.38 bits per heavy atom. The van der Waals surface area contributed by atoms with Crippen molar-refractivity contribution in [1.82, 2.24) is 19.4 Å². The molecule has 0 atom stereocenters. The number of carbonyl (C=O) groups excluding carboxylic acids is 1. The second-order valence-electron chi connectivity index (χ2n) is 7.52. The SMILES string of the molecule is CCCN1CCN(C(=O)c2ccc(-c3nc4ccccc4n(C)c3=O)cc2)CC1. The van der Waals surface area contributed by atoms with Gasteiger partial charge in [0.25, 0.3) is 11.5 Å². The minimum absolute atomic E-state index is 0.0482. The molecule has 1 aliphatic heterocycles. The maximum atomic E-state index is 12.8. The summed E-state index contributed by atoms with van der Waals surface area (Å²) in [5.74, 6) is 0.0482. The summed E-state index contributed by atoms with van der Waals surface area (Å²) in [6.45, 7) is 6.63. The van der Waals surface area contributed by atoms with E-state index in [2.05, 4.69) is 16.8 Å². The van der Waals surface area contributed by atoms with E-state index in [1.54, 1.807) is 23.7 Å². The number of para-hydroxylation sites is 2. The van der Waals surface area contributed by atoms with Crippen molar-refractivity contribution < 1.29 is 4.79 Å². The number of carbonyl (C=O) groups is 1. The van der Waals surface area contributed by atoms with Crippen LogP contribution in [0.3, 0.4) is 0 Å². The Morgan fingerprint density at radius 2 is 1.69 bits per heavy atom. The van der Waals surface area contributed by atoms with Crippen LogP contribution in [-0.4, -0.2) is 58.0 Å². The number of aromatic nitrogens is 2. The molecule has 150 valence electrons. The van der Waals surface area contributed by atoms with E-state index in [-0.39, 0.29) is 11.5 Å². The van der Waals surface area contributed by atoms with E-state index in [9.17, 15) is 9.59 Å². The molecule has 0 radical (unpaired) electrons. The van der Waals surface area contributed by atoms with Crippen LogP contribution in [0.15, 0.2) is 53.3 Å². The van der Waals surface area contributed by atoms with E-state index in [1.165, 1.54) is 0 Å². The van der Waals surface area contributed by atoms with Crippen molar-refractivity contribution in [2.24, 2.45) is 7.05 Å². The lowest BCUT2D eigenvalue weighted by molar-refractivity contribution is 0.0637. The highest BCUT2D eigenvalue weighted by molar-refractivity contribution is 5.94. The van der Waals surface area contributed by atoms with Crippen LogP contribution in [-0.2, 0) is 7.05 Å². The molecule has 3 aromatic rings. The van der Waals surface area contributed by atoms with Crippen LogP contribution in [0.25, 0.3) is 22.3 Å². The third kappa shape index (κ3) is 3.80. The summed E-state index contributed by atoms with van der Waals surface area (Å²) in [6.07, 6.45) is 1.14. The van der Waals surface area contributed by atoms with Crippen LogP contribution in [0.5, 0.6) is 0 Å². The third-order valence-electron chi connectivity index (χ3n) is 5.59. The van der Waals surface area contributed by atoms with Gasteiger partial charge in [0.1, 0.15) is 5.69 Å². The average molecular weight is 390 g/mol. The van der Waals surface area contributed by atoms with E-state index in [0.29, 0.717) is 11.3 Å².